The molecule has 160 valence electrons. The molecule has 1 aromatic carbocycles. The fourth-order valence-corrected chi connectivity index (χ4v) is 4.25. The van der Waals surface area contributed by atoms with Crippen LogP contribution in [0.1, 0.15) is 38.4 Å². The van der Waals surface area contributed by atoms with E-state index in [0.717, 1.165) is 29.3 Å². The summed E-state index contributed by atoms with van der Waals surface area (Å²) in [6, 6.07) is 3.39. The van der Waals surface area contributed by atoms with Crippen LogP contribution in [0.3, 0.4) is 0 Å². The van der Waals surface area contributed by atoms with Crippen LogP contribution in [0, 0.1) is 11.3 Å². The summed E-state index contributed by atoms with van der Waals surface area (Å²) >= 11 is 6.25. The van der Waals surface area contributed by atoms with Crippen molar-refractivity contribution in [2.75, 3.05) is 33.4 Å². The molecule has 3 rings (SSSR count). The van der Waals surface area contributed by atoms with Gasteiger partial charge in [0.2, 0.25) is 0 Å². The summed E-state index contributed by atoms with van der Waals surface area (Å²) in [5, 5.41) is 19.8. The molecule has 8 nitrogen and oxygen atoms in total. The van der Waals surface area contributed by atoms with Gasteiger partial charge in [-0.1, -0.05) is 25.4 Å². The third kappa shape index (κ3) is 4.83. The largest absolute Gasteiger partial charge is 0.388 e. The summed E-state index contributed by atoms with van der Waals surface area (Å²) in [4.78, 5) is 19.0. The molecule has 1 aliphatic rings. The lowest BCUT2D eigenvalue weighted by molar-refractivity contribution is -0.0199. The van der Waals surface area contributed by atoms with Crippen LogP contribution < -0.4 is 5.48 Å². The number of H-pyrrole nitrogens is 1. The topological polar surface area (TPSA) is 99.7 Å². The van der Waals surface area contributed by atoms with Crippen molar-refractivity contribution in [3.8, 4) is 0 Å². The number of likely N-dealkylation sites (tertiary alicyclic amines) is 1. The van der Waals surface area contributed by atoms with Crippen molar-refractivity contribution in [2.45, 2.75) is 32.8 Å². The number of hydrogen-bond donors (Lipinski definition) is 3. The van der Waals surface area contributed by atoms with Gasteiger partial charge in [0.15, 0.2) is 0 Å². The van der Waals surface area contributed by atoms with Crippen molar-refractivity contribution in [2.24, 2.45) is 11.3 Å². The number of carbonyl (C=O) groups excluding carboxylic acids is 1. The average molecular weight is 425 g/mol. The first-order chi connectivity index (χ1) is 13.8. The van der Waals surface area contributed by atoms with Gasteiger partial charge in [-0.25, -0.2) is 10.3 Å². The SMILES string of the molecule is COCCONC(=O)N1CCC(C(C)(C)C(O)c2cc(Cl)cc3cn[nH]c23)CC1. The second-order valence-corrected chi connectivity index (χ2v) is 8.50. The number of aliphatic hydroxyl groups excluding tert-OH is 1. The van der Waals surface area contributed by atoms with Crippen LogP contribution in [0.4, 0.5) is 4.79 Å². The third-order valence-corrected chi connectivity index (χ3v) is 6.15. The summed E-state index contributed by atoms with van der Waals surface area (Å²) < 4.78 is 4.88. The van der Waals surface area contributed by atoms with E-state index in [1.165, 1.54) is 0 Å². The number of benzene rings is 1. The number of piperidine rings is 1. The second kappa shape index (κ2) is 9.30. The Kier molecular flexibility index (Phi) is 7.00. The number of carbonyl (C=O) groups is 1. The highest BCUT2D eigenvalue weighted by atomic mass is 35.5. The van der Waals surface area contributed by atoms with Crippen molar-refractivity contribution in [1.82, 2.24) is 20.6 Å². The van der Waals surface area contributed by atoms with Crippen molar-refractivity contribution >= 4 is 28.5 Å². The molecule has 1 aromatic heterocycles. The van der Waals surface area contributed by atoms with Crippen LogP contribution in [0.5, 0.6) is 0 Å². The first kappa shape index (κ1) is 21.8. The number of halogens is 1. The fraction of sp³-hybridized carbons (Fsp3) is 0.600. The minimum atomic E-state index is -0.716. The Hall–Kier alpha value is -1.87. The number of hydroxylamine groups is 1. The number of rotatable bonds is 7. The zero-order chi connectivity index (χ0) is 21.0. The zero-order valence-corrected chi connectivity index (χ0v) is 17.8. The molecule has 29 heavy (non-hydrogen) atoms. The van der Waals surface area contributed by atoms with E-state index < -0.39 is 11.5 Å². The maximum absolute atomic E-state index is 12.2. The van der Waals surface area contributed by atoms with Gasteiger partial charge >= 0.3 is 6.03 Å². The van der Waals surface area contributed by atoms with Gasteiger partial charge in [0.1, 0.15) is 0 Å². The summed E-state index contributed by atoms with van der Waals surface area (Å²) in [5.41, 5.74) is 3.60. The van der Waals surface area contributed by atoms with Crippen LogP contribution in [0.25, 0.3) is 10.9 Å². The Balaban J connectivity index is 1.63. The molecule has 0 saturated carbocycles. The van der Waals surface area contributed by atoms with E-state index in [1.807, 2.05) is 6.07 Å². The molecule has 9 heteroatoms. The van der Waals surface area contributed by atoms with Crippen LogP contribution in [0.2, 0.25) is 5.02 Å². The molecule has 1 unspecified atom stereocenters. The fourth-order valence-electron chi connectivity index (χ4n) is 4.02. The van der Waals surface area contributed by atoms with Gasteiger partial charge in [-0.3, -0.25) is 9.94 Å². The molecule has 1 atom stereocenters. The van der Waals surface area contributed by atoms with Crippen molar-refractivity contribution in [3.05, 3.63) is 28.9 Å². The summed E-state index contributed by atoms with van der Waals surface area (Å²) in [7, 11) is 1.58. The number of aromatic nitrogens is 2. The number of hydrogen-bond acceptors (Lipinski definition) is 5. The first-order valence-corrected chi connectivity index (χ1v) is 10.2. The van der Waals surface area contributed by atoms with Crippen LogP contribution in [-0.4, -0.2) is 59.6 Å². The maximum atomic E-state index is 12.2. The van der Waals surface area contributed by atoms with Crippen molar-refractivity contribution < 1.29 is 19.5 Å². The number of urea groups is 1. The summed E-state index contributed by atoms with van der Waals surface area (Å²) in [5.74, 6) is 0.243. The predicted molar refractivity (Wildman–Crippen MR) is 111 cm³/mol. The molecule has 2 heterocycles. The highest BCUT2D eigenvalue weighted by molar-refractivity contribution is 6.31. The van der Waals surface area contributed by atoms with E-state index in [0.29, 0.717) is 31.3 Å². The Morgan fingerprint density at radius 1 is 1.41 bits per heavy atom. The quantitative estimate of drug-likeness (QED) is 0.468. The van der Waals surface area contributed by atoms with E-state index in [2.05, 4.69) is 29.5 Å². The molecular formula is C20H29ClN4O4. The third-order valence-electron chi connectivity index (χ3n) is 5.93. The highest BCUT2D eigenvalue weighted by Gasteiger charge is 2.40. The number of aliphatic hydroxyl groups is 1. The normalized spacial score (nSPS) is 16.9. The Morgan fingerprint density at radius 2 is 2.14 bits per heavy atom. The Labute approximate surface area is 175 Å². The molecule has 0 spiro atoms. The van der Waals surface area contributed by atoms with Gasteiger partial charge in [-0.15, -0.1) is 0 Å². The number of ether oxygens (including phenoxy) is 1. The van der Waals surface area contributed by atoms with Crippen LogP contribution >= 0.6 is 11.6 Å². The van der Waals surface area contributed by atoms with Gasteiger partial charge in [-0.2, -0.15) is 5.10 Å². The first-order valence-electron chi connectivity index (χ1n) is 9.80. The van der Waals surface area contributed by atoms with Gasteiger partial charge in [0.25, 0.3) is 0 Å². The number of amides is 2. The van der Waals surface area contributed by atoms with Gasteiger partial charge < -0.3 is 14.7 Å². The molecule has 0 radical (unpaired) electrons. The predicted octanol–water partition coefficient (Wildman–Crippen LogP) is 3.28. The number of methoxy groups -OCH3 is 1. The number of nitrogens with one attached hydrogen (secondary N) is 2. The molecule has 2 aromatic rings. The van der Waals surface area contributed by atoms with Crippen LogP contribution in [-0.2, 0) is 9.57 Å². The molecule has 2 amide bonds. The molecule has 1 saturated heterocycles. The van der Waals surface area contributed by atoms with Crippen molar-refractivity contribution in [1.29, 1.82) is 0 Å². The van der Waals surface area contributed by atoms with E-state index in [4.69, 9.17) is 21.2 Å². The Morgan fingerprint density at radius 3 is 2.83 bits per heavy atom. The highest BCUT2D eigenvalue weighted by Crippen LogP contribution is 2.46. The standard InChI is InChI=1S/C20H29ClN4O4/c1-20(2,18(26)16-11-15(21)10-13-12-22-23-17(13)16)14-4-6-25(7-5-14)19(27)24-29-9-8-28-3/h10-12,14,18,26H,4-9H2,1-3H3,(H,22,23)(H,24,27). The zero-order valence-electron chi connectivity index (χ0n) is 17.1. The van der Waals surface area contributed by atoms with Gasteiger partial charge in [0.05, 0.1) is 31.0 Å². The molecule has 1 fully saturated rings. The minimum absolute atomic E-state index is 0.243. The average Bonchev–Trinajstić information content (AvgIpc) is 3.18. The minimum Gasteiger partial charge on any atom is -0.388 e. The monoisotopic (exact) mass is 424 g/mol. The Bertz CT molecular complexity index is 833. The maximum Gasteiger partial charge on any atom is 0.341 e. The van der Waals surface area contributed by atoms with E-state index in [9.17, 15) is 9.90 Å². The molecule has 0 aliphatic carbocycles. The molecular weight excluding hydrogens is 396 g/mol. The summed E-state index contributed by atoms with van der Waals surface area (Å²) in [6.07, 6.45) is 2.58. The summed E-state index contributed by atoms with van der Waals surface area (Å²) in [6.45, 7) is 6.07. The molecule has 0 bridgehead atoms. The van der Waals surface area contributed by atoms with E-state index in [1.54, 1.807) is 24.3 Å². The molecule has 1 aliphatic heterocycles. The van der Waals surface area contributed by atoms with Gasteiger partial charge in [-0.05, 0) is 36.3 Å². The number of nitrogens with zero attached hydrogens (tertiary/aromatic N) is 2. The second-order valence-electron chi connectivity index (χ2n) is 8.06. The molecule has 3 N–H and O–H groups in total. The lowest BCUT2D eigenvalue weighted by Crippen LogP contribution is -2.47. The number of fused-ring (bicyclic) bond motifs is 1. The van der Waals surface area contributed by atoms with E-state index >= 15 is 0 Å². The lowest BCUT2D eigenvalue weighted by Gasteiger charge is -2.43. The van der Waals surface area contributed by atoms with Crippen LogP contribution in [0.15, 0.2) is 18.3 Å². The van der Waals surface area contributed by atoms with E-state index in [-0.39, 0.29) is 11.9 Å². The van der Waals surface area contributed by atoms with Gasteiger partial charge in [0, 0.05) is 36.2 Å². The number of aromatic amines is 1. The lowest BCUT2D eigenvalue weighted by atomic mass is 9.68. The smallest absolute Gasteiger partial charge is 0.341 e. The van der Waals surface area contributed by atoms with Crippen molar-refractivity contribution in [3.63, 3.8) is 0 Å².